The summed E-state index contributed by atoms with van der Waals surface area (Å²) >= 11 is 0. The number of nitrogen functional groups attached to an aromatic ring is 1. The summed E-state index contributed by atoms with van der Waals surface area (Å²) in [6, 6.07) is 6.17. The van der Waals surface area contributed by atoms with Gasteiger partial charge in [0.15, 0.2) is 0 Å². The highest BCUT2D eigenvalue weighted by atomic mass is 14.5. The molecule has 0 bridgehead atoms. The average Bonchev–Trinajstić information content (AvgIpc) is 2.03. The first kappa shape index (κ1) is 9.11. The first-order valence-electron chi connectivity index (χ1n) is 4.59. The Kier molecular flexibility index (Phi) is 3.15. The monoisotopic (exact) mass is 163 g/mol. The average molecular weight is 163 g/mol. The van der Waals surface area contributed by atoms with Gasteiger partial charge in [0.2, 0.25) is 0 Å². The van der Waals surface area contributed by atoms with E-state index < -0.39 is 0 Å². The van der Waals surface area contributed by atoms with Crippen LogP contribution < -0.4 is 5.73 Å². The summed E-state index contributed by atoms with van der Waals surface area (Å²) in [6.45, 7) is 4.34. The summed E-state index contributed by atoms with van der Waals surface area (Å²) < 4.78 is 0. The quantitative estimate of drug-likeness (QED) is 0.681. The summed E-state index contributed by atoms with van der Waals surface area (Å²) in [6.07, 6.45) is 3.71. The molecule has 1 heteroatoms. The molecule has 0 radical (unpaired) electrons. The Hall–Kier alpha value is -0.980. The highest BCUT2D eigenvalue weighted by molar-refractivity contribution is 5.44. The molecule has 1 aromatic rings. The van der Waals surface area contributed by atoms with Gasteiger partial charge in [-0.25, -0.2) is 0 Å². The Balaban J connectivity index is 2.72. The smallest absolute Gasteiger partial charge is 0.0316 e. The van der Waals surface area contributed by atoms with Crippen LogP contribution in [0.15, 0.2) is 18.2 Å². The van der Waals surface area contributed by atoms with E-state index in [1.807, 2.05) is 12.1 Å². The van der Waals surface area contributed by atoms with Gasteiger partial charge in [-0.3, -0.25) is 0 Å². The second kappa shape index (κ2) is 4.15. The third kappa shape index (κ3) is 2.26. The van der Waals surface area contributed by atoms with E-state index >= 15 is 0 Å². The molecule has 2 N–H and O–H groups in total. The lowest BCUT2D eigenvalue weighted by Gasteiger charge is -2.05. The lowest BCUT2D eigenvalue weighted by Crippen LogP contribution is -1.92. The number of rotatable bonds is 3. The fourth-order valence-electron chi connectivity index (χ4n) is 1.37. The van der Waals surface area contributed by atoms with Crippen LogP contribution in [-0.2, 0) is 6.42 Å². The minimum atomic E-state index is 0.868. The number of aryl methyl sites for hydroxylation is 2. The van der Waals surface area contributed by atoms with E-state index in [4.69, 9.17) is 5.73 Å². The zero-order chi connectivity index (χ0) is 8.97. The zero-order valence-electron chi connectivity index (χ0n) is 7.93. The van der Waals surface area contributed by atoms with Crippen molar-refractivity contribution in [2.45, 2.75) is 33.1 Å². The molecule has 0 aliphatic carbocycles. The van der Waals surface area contributed by atoms with Crippen LogP contribution in [0.25, 0.3) is 0 Å². The summed E-state index contributed by atoms with van der Waals surface area (Å²) in [5, 5.41) is 0. The molecule has 1 nitrogen and oxygen atoms in total. The van der Waals surface area contributed by atoms with Crippen molar-refractivity contribution >= 4 is 5.69 Å². The molecule has 12 heavy (non-hydrogen) atoms. The van der Waals surface area contributed by atoms with Gasteiger partial charge >= 0.3 is 0 Å². The van der Waals surface area contributed by atoms with Crippen LogP contribution >= 0.6 is 0 Å². The summed E-state index contributed by atoms with van der Waals surface area (Å²) in [5.74, 6) is 0. The van der Waals surface area contributed by atoms with Crippen LogP contribution in [0.3, 0.4) is 0 Å². The van der Waals surface area contributed by atoms with Crippen molar-refractivity contribution in [3.05, 3.63) is 29.3 Å². The number of nitrogens with two attached hydrogens (primary N) is 1. The zero-order valence-corrected chi connectivity index (χ0v) is 7.93. The molecule has 0 unspecified atom stereocenters. The van der Waals surface area contributed by atoms with Crippen LogP contribution in [0.2, 0.25) is 0 Å². The van der Waals surface area contributed by atoms with Gasteiger partial charge in [0.1, 0.15) is 0 Å². The van der Waals surface area contributed by atoms with E-state index in [2.05, 4.69) is 19.9 Å². The highest BCUT2D eigenvalue weighted by Gasteiger charge is 1.97. The molecule has 66 valence electrons. The molecule has 0 saturated heterocycles. The topological polar surface area (TPSA) is 26.0 Å². The molecule has 0 spiro atoms. The van der Waals surface area contributed by atoms with Gasteiger partial charge in [-0.15, -0.1) is 0 Å². The summed E-state index contributed by atoms with van der Waals surface area (Å²) in [7, 11) is 0. The van der Waals surface area contributed by atoms with Gasteiger partial charge in [-0.1, -0.05) is 19.4 Å². The highest BCUT2D eigenvalue weighted by Crippen LogP contribution is 2.14. The molecule has 0 fully saturated rings. The Morgan fingerprint density at radius 1 is 1.33 bits per heavy atom. The Morgan fingerprint density at radius 2 is 2.08 bits per heavy atom. The molecule has 0 saturated carbocycles. The van der Waals surface area contributed by atoms with E-state index in [1.54, 1.807) is 0 Å². The second-order valence-corrected chi connectivity index (χ2v) is 3.29. The van der Waals surface area contributed by atoms with Crippen molar-refractivity contribution < 1.29 is 0 Å². The summed E-state index contributed by atoms with van der Waals surface area (Å²) in [5.41, 5.74) is 9.28. The van der Waals surface area contributed by atoms with Gasteiger partial charge in [0.25, 0.3) is 0 Å². The van der Waals surface area contributed by atoms with Gasteiger partial charge in [0.05, 0.1) is 0 Å². The molecule has 0 aliphatic rings. The van der Waals surface area contributed by atoms with E-state index in [0.717, 1.165) is 5.69 Å². The number of hydrogen-bond donors (Lipinski definition) is 1. The minimum absolute atomic E-state index is 0.868. The standard InChI is InChI=1S/C11H17N/c1-3-4-5-10-6-7-11(12)8-9(10)2/h6-8H,3-5,12H2,1-2H3. The largest absolute Gasteiger partial charge is 0.399 e. The number of hydrogen-bond acceptors (Lipinski definition) is 1. The maximum atomic E-state index is 5.66. The lowest BCUT2D eigenvalue weighted by atomic mass is 10.0. The maximum Gasteiger partial charge on any atom is 0.0316 e. The molecule has 1 aromatic carbocycles. The molecular formula is C11H17N. The predicted octanol–water partition coefficient (Wildman–Crippen LogP) is 2.92. The van der Waals surface area contributed by atoms with Gasteiger partial charge in [0, 0.05) is 5.69 Å². The van der Waals surface area contributed by atoms with Crippen LogP contribution in [0.4, 0.5) is 5.69 Å². The minimum Gasteiger partial charge on any atom is -0.399 e. The normalized spacial score (nSPS) is 10.2. The fraction of sp³-hybridized carbons (Fsp3) is 0.455. The van der Waals surface area contributed by atoms with Gasteiger partial charge in [-0.05, 0) is 43.0 Å². The third-order valence-corrected chi connectivity index (χ3v) is 2.17. The first-order valence-corrected chi connectivity index (χ1v) is 4.59. The van der Waals surface area contributed by atoms with E-state index in [-0.39, 0.29) is 0 Å². The fourth-order valence-corrected chi connectivity index (χ4v) is 1.37. The Labute approximate surface area is 74.6 Å². The molecule has 0 heterocycles. The third-order valence-electron chi connectivity index (χ3n) is 2.17. The SMILES string of the molecule is CCCCc1ccc(N)cc1C. The van der Waals surface area contributed by atoms with E-state index in [9.17, 15) is 0 Å². The van der Waals surface area contributed by atoms with Crippen LogP contribution in [-0.4, -0.2) is 0 Å². The number of anilines is 1. The second-order valence-electron chi connectivity index (χ2n) is 3.29. The molecule has 0 aromatic heterocycles. The lowest BCUT2D eigenvalue weighted by molar-refractivity contribution is 0.791. The van der Waals surface area contributed by atoms with E-state index in [0.29, 0.717) is 0 Å². The molecule has 0 amide bonds. The van der Waals surface area contributed by atoms with Crippen molar-refractivity contribution in [1.82, 2.24) is 0 Å². The first-order chi connectivity index (χ1) is 5.74. The van der Waals surface area contributed by atoms with Crippen molar-refractivity contribution in [1.29, 1.82) is 0 Å². The van der Waals surface area contributed by atoms with Crippen molar-refractivity contribution in [3.8, 4) is 0 Å². The molecule has 0 atom stereocenters. The summed E-state index contributed by atoms with van der Waals surface area (Å²) in [4.78, 5) is 0. The van der Waals surface area contributed by atoms with Crippen molar-refractivity contribution in [3.63, 3.8) is 0 Å². The van der Waals surface area contributed by atoms with E-state index in [1.165, 1.54) is 30.4 Å². The predicted molar refractivity (Wildman–Crippen MR) is 54.2 cm³/mol. The van der Waals surface area contributed by atoms with Crippen LogP contribution in [0, 0.1) is 6.92 Å². The molecule has 0 aliphatic heterocycles. The molecule has 1 rings (SSSR count). The Morgan fingerprint density at radius 3 is 2.67 bits per heavy atom. The molecular weight excluding hydrogens is 146 g/mol. The van der Waals surface area contributed by atoms with Crippen LogP contribution in [0.1, 0.15) is 30.9 Å². The van der Waals surface area contributed by atoms with Crippen molar-refractivity contribution in [2.75, 3.05) is 5.73 Å². The van der Waals surface area contributed by atoms with Crippen molar-refractivity contribution in [2.24, 2.45) is 0 Å². The number of unbranched alkanes of at least 4 members (excludes halogenated alkanes) is 1. The number of benzene rings is 1. The van der Waals surface area contributed by atoms with Gasteiger partial charge in [-0.2, -0.15) is 0 Å². The Bertz CT molecular complexity index is 253. The maximum absolute atomic E-state index is 5.66. The van der Waals surface area contributed by atoms with Crippen LogP contribution in [0.5, 0.6) is 0 Å². The van der Waals surface area contributed by atoms with Gasteiger partial charge < -0.3 is 5.73 Å².